The molecule has 112 valence electrons. The molecule has 2 amide bonds. The lowest BCUT2D eigenvalue weighted by Gasteiger charge is -2.30. The topological polar surface area (TPSA) is 95.9 Å². The highest BCUT2D eigenvalue weighted by molar-refractivity contribution is 5.90. The number of carboxylic acids is 1. The summed E-state index contributed by atoms with van der Waals surface area (Å²) in [6, 6.07) is -1.51. The Morgan fingerprint density at radius 2 is 1.95 bits per heavy atom. The molecule has 0 radical (unpaired) electrons. The third-order valence-corrected chi connectivity index (χ3v) is 4.04. The third-order valence-electron chi connectivity index (χ3n) is 4.04. The van der Waals surface area contributed by atoms with Crippen molar-refractivity contribution < 1.29 is 24.2 Å². The number of alkyl carbamates (subject to hydrolysis) is 1. The monoisotopic (exact) mass is 284 g/mol. The van der Waals surface area contributed by atoms with Gasteiger partial charge in [0.2, 0.25) is 5.91 Å². The molecular formula is C13H20N2O5. The number of nitrogens with zero attached hydrogens (tertiary/aromatic N) is 1. The van der Waals surface area contributed by atoms with Gasteiger partial charge in [-0.1, -0.05) is 13.8 Å². The smallest absolute Gasteiger partial charge is 0.407 e. The zero-order valence-corrected chi connectivity index (χ0v) is 11.8. The summed E-state index contributed by atoms with van der Waals surface area (Å²) in [5.74, 6) is -1.16. The number of carboxylic acid groups (broad SMARTS) is 1. The average molecular weight is 284 g/mol. The summed E-state index contributed by atoms with van der Waals surface area (Å²) in [5.41, 5.74) is 0. The zero-order chi connectivity index (χ0) is 15.0. The highest BCUT2D eigenvalue weighted by atomic mass is 16.5. The van der Waals surface area contributed by atoms with E-state index in [2.05, 4.69) is 10.1 Å². The second-order valence-corrected chi connectivity index (χ2v) is 5.76. The predicted molar refractivity (Wildman–Crippen MR) is 68.9 cm³/mol. The van der Waals surface area contributed by atoms with Gasteiger partial charge in [-0.05, 0) is 24.7 Å². The van der Waals surface area contributed by atoms with Crippen LogP contribution in [0.5, 0.6) is 0 Å². The first-order valence-corrected chi connectivity index (χ1v) is 6.76. The van der Waals surface area contributed by atoms with Crippen molar-refractivity contribution in [2.45, 2.75) is 44.8 Å². The molecule has 1 unspecified atom stereocenters. The number of hydrogen-bond acceptors (Lipinski definition) is 4. The van der Waals surface area contributed by atoms with Crippen molar-refractivity contribution in [3.8, 4) is 0 Å². The van der Waals surface area contributed by atoms with Crippen molar-refractivity contribution in [3.05, 3.63) is 0 Å². The van der Waals surface area contributed by atoms with E-state index >= 15 is 0 Å². The maximum absolute atomic E-state index is 12.6. The van der Waals surface area contributed by atoms with Gasteiger partial charge in [-0.25, -0.2) is 9.59 Å². The Labute approximate surface area is 117 Å². The van der Waals surface area contributed by atoms with Crippen molar-refractivity contribution >= 4 is 18.0 Å². The molecule has 0 aromatic rings. The quantitative estimate of drug-likeness (QED) is 0.781. The number of carbonyl (C=O) groups is 3. The minimum atomic E-state index is -0.980. The molecule has 20 heavy (non-hydrogen) atoms. The van der Waals surface area contributed by atoms with Crippen molar-refractivity contribution in [2.24, 2.45) is 11.8 Å². The molecule has 2 fully saturated rings. The van der Waals surface area contributed by atoms with Gasteiger partial charge in [0.1, 0.15) is 12.1 Å². The van der Waals surface area contributed by atoms with Crippen LogP contribution in [-0.2, 0) is 14.3 Å². The molecule has 1 aliphatic heterocycles. The number of aliphatic carboxylic acids is 1. The number of methoxy groups -OCH3 is 1. The number of hydrogen-bond donors (Lipinski definition) is 2. The largest absolute Gasteiger partial charge is 0.480 e. The average Bonchev–Trinajstić information content (AvgIpc) is 3.05. The molecule has 4 atom stereocenters. The fourth-order valence-corrected chi connectivity index (χ4v) is 2.85. The van der Waals surface area contributed by atoms with E-state index in [0.717, 1.165) is 6.42 Å². The second kappa shape index (κ2) is 5.30. The molecule has 1 aliphatic carbocycles. The Morgan fingerprint density at radius 3 is 2.45 bits per heavy atom. The standard InChI is InChI=1S/C13H20N2O5/c1-6(2)10(14-13(19)20-3)11(16)15-8-4-7(8)5-9(15)12(17)18/h6-10H,4-5H2,1-3H3,(H,14,19)(H,17,18)/t7?,8-,9+,10+/m1/s1. The molecule has 1 saturated carbocycles. The number of piperidine rings is 1. The van der Waals surface area contributed by atoms with Crippen LogP contribution in [0.4, 0.5) is 4.79 Å². The zero-order valence-electron chi connectivity index (χ0n) is 11.8. The third kappa shape index (κ3) is 2.57. The Bertz CT molecular complexity index is 436. The highest BCUT2D eigenvalue weighted by Gasteiger charge is 2.57. The van der Waals surface area contributed by atoms with E-state index < -0.39 is 24.1 Å². The van der Waals surface area contributed by atoms with Crippen LogP contribution in [0.15, 0.2) is 0 Å². The van der Waals surface area contributed by atoms with Gasteiger partial charge in [0.05, 0.1) is 7.11 Å². The van der Waals surface area contributed by atoms with E-state index in [4.69, 9.17) is 0 Å². The van der Waals surface area contributed by atoms with Gasteiger partial charge in [0.15, 0.2) is 0 Å². The summed E-state index contributed by atoms with van der Waals surface area (Å²) in [4.78, 5) is 36.6. The van der Waals surface area contributed by atoms with Gasteiger partial charge in [-0.3, -0.25) is 4.79 Å². The fraction of sp³-hybridized carbons (Fsp3) is 0.769. The molecule has 2 aliphatic rings. The maximum Gasteiger partial charge on any atom is 0.407 e. The number of likely N-dealkylation sites (tertiary alicyclic amines) is 1. The summed E-state index contributed by atoms with van der Waals surface area (Å²) in [6.45, 7) is 3.60. The molecule has 0 spiro atoms. The van der Waals surface area contributed by atoms with Crippen LogP contribution in [-0.4, -0.2) is 53.2 Å². The first-order chi connectivity index (χ1) is 9.36. The van der Waals surface area contributed by atoms with Crippen LogP contribution < -0.4 is 5.32 Å². The predicted octanol–water partition coefficient (Wildman–Crippen LogP) is 0.441. The van der Waals surface area contributed by atoms with E-state index in [1.165, 1.54) is 12.0 Å². The first kappa shape index (κ1) is 14.6. The van der Waals surface area contributed by atoms with Gasteiger partial charge >= 0.3 is 12.1 Å². The Balaban J connectivity index is 2.14. The van der Waals surface area contributed by atoms with Gasteiger partial charge < -0.3 is 20.1 Å². The number of fused-ring (bicyclic) bond motifs is 1. The molecule has 0 aromatic carbocycles. The lowest BCUT2D eigenvalue weighted by atomic mass is 10.0. The van der Waals surface area contributed by atoms with Crippen molar-refractivity contribution in [1.29, 1.82) is 0 Å². The summed E-state index contributed by atoms with van der Waals surface area (Å²) >= 11 is 0. The first-order valence-electron chi connectivity index (χ1n) is 6.76. The van der Waals surface area contributed by atoms with E-state index in [9.17, 15) is 19.5 Å². The van der Waals surface area contributed by atoms with Crippen molar-refractivity contribution in [1.82, 2.24) is 10.2 Å². The SMILES string of the molecule is COC(=O)N[C@H](C(=O)N1[C@@H]2CC2C[C@H]1C(=O)O)C(C)C. The lowest BCUT2D eigenvalue weighted by Crippen LogP contribution is -2.54. The molecule has 2 N–H and O–H groups in total. The molecule has 1 saturated heterocycles. The number of ether oxygens (including phenoxy) is 1. The highest BCUT2D eigenvalue weighted by Crippen LogP contribution is 2.48. The number of nitrogens with one attached hydrogen (secondary N) is 1. The Hall–Kier alpha value is -1.79. The lowest BCUT2D eigenvalue weighted by molar-refractivity contribution is -0.150. The minimum Gasteiger partial charge on any atom is -0.480 e. The molecule has 2 rings (SSSR count). The summed E-state index contributed by atoms with van der Waals surface area (Å²) in [7, 11) is 1.23. The van der Waals surface area contributed by atoms with E-state index in [-0.39, 0.29) is 17.9 Å². The molecule has 0 aromatic heterocycles. The van der Waals surface area contributed by atoms with Crippen molar-refractivity contribution in [3.63, 3.8) is 0 Å². The van der Waals surface area contributed by atoms with Crippen LogP contribution in [0.3, 0.4) is 0 Å². The van der Waals surface area contributed by atoms with E-state index in [1.807, 2.05) is 0 Å². The van der Waals surface area contributed by atoms with Crippen LogP contribution in [0, 0.1) is 11.8 Å². The van der Waals surface area contributed by atoms with Crippen LogP contribution in [0.25, 0.3) is 0 Å². The van der Waals surface area contributed by atoms with Crippen LogP contribution in [0.1, 0.15) is 26.7 Å². The van der Waals surface area contributed by atoms with Gasteiger partial charge in [-0.2, -0.15) is 0 Å². The van der Waals surface area contributed by atoms with E-state index in [0.29, 0.717) is 12.3 Å². The van der Waals surface area contributed by atoms with Gasteiger partial charge in [-0.15, -0.1) is 0 Å². The summed E-state index contributed by atoms with van der Waals surface area (Å²) in [6.07, 6.45) is 0.684. The number of amides is 2. The normalized spacial score (nSPS) is 28.8. The van der Waals surface area contributed by atoms with Crippen LogP contribution >= 0.6 is 0 Å². The summed E-state index contributed by atoms with van der Waals surface area (Å²) < 4.78 is 4.52. The van der Waals surface area contributed by atoms with E-state index in [1.54, 1.807) is 13.8 Å². The molecule has 0 bridgehead atoms. The summed E-state index contributed by atoms with van der Waals surface area (Å²) in [5, 5.41) is 11.7. The minimum absolute atomic E-state index is 0.0179. The van der Waals surface area contributed by atoms with Crippen LogP contribution in [0.2, 0.25) is 0 Å². The number of rotatable bonds is 4. The van der Waals surface area contributed by atoms with Crippen molar-refractivity contribution in [2.75, 3.05) is 7.11 Å². The van der Waals surface area contributed by atoms with Gasteiger partial charge in [0.25, 0.3) is 0 Å². The number of carbonyl (C=O) groups excluding carboxylic acids is 2. The molecular weight excluding hydrogens is 264 g/mol. The maximum atomic E-state index is 12.6. The molecule has 1 heterocycles. The van der Waals surface area contributed by atoms with Gasteiger partial charge in [0, 0.05) is 6.04 Å². The Morgan fingerprint density at radius 1 is 1.30 bits per heavy atom. The fourth-order valence-electron chi connectivity index (χ4n) is 2.85. The molecule has 7 heteroatoms. The Kier molecular flexibility index (Phi) is 3.87. The molecule has 7 nitrogen and oxygen atoms in total. The second-order valence-electron chi connectivity index (χ2n) is 5.76.